The molecule has 0 aliphatic heterocycles. The summed E-state index contributed by atoms with van der Waals surface area (Å²) >= 11 is 0. The number of hydrogen-bond acceptors (Lipinski definition) is 3. The zero-order valence-electron chi connectivity index (χ0n) is 12.8. The minimum Gasteiger partial charge on any atom is -0.314 e. The molecular weight excluding hydrogens is 272 g/mol. The largest absolute Gasteiger partial charge is 0.314 e. The fourth-order valence-electron chi connectivity index (χ4n) is 2.72. The standard InChI is InChI=1S/C15H26N2O2S/c1-5-10-17-12(4)15(11(2)3)13-8-6-7-9-14(13)20(16,18)19/h6-9,11-12,15,17H,5,10H2,1-4H3,(H2,16,18,19). The third kappa shape index (κ3) is 4.30. The molecule has 0 bridgehead atoms. The topological polar surface area (TPSA) is 72.2 Å². The molecule has 0 fully saturated rings. The van der Waals surface area contributed by atoms with Crippen LogP contribution in [0.15, 0.2) is 29.2 Å². The van der Waals surface area contributed by atoms with Gasteiger partial charge >= 0.3 is 0 Å². The lowest BCUT2D eigenvalue weighted by Gasteiger charge is -2.30. The van der Waals surface area contributed by atoms with Gasteiger partial charge < -0.3 is 5.32 Å². The number of nitrogens with two attached hydrogens (primary N) is 1. The molecule has 0 aliphatic rings. The van der Waals surface area contributed by atoms with E-state index in [4.69, 9.17) is 5.14 Å². The summed E-state index contributed by atoms with van der Waals surface area (Å²) in [4.78, 5) is 0.240. The average molecular weight is 298 g/mol. The van der Waals surface area contributed by atoms with Crippen molar-refractivity contribution in [1.82, 2.24) is 5.32 Å². The molecule has 0 aromatic heterocycles. The minimum atomic E-state index is -3.69. The fraction of sp³-hybridized carbons (Fsp3) is 0.600. The van der Waals surface area contributed by atoms with E-state index in [1.807, 2.05) is 12.1 Å². The van der Waals surface area contributed by atoms with Gasteiger partial charge in [0.05, 0.1) is 4.90 Å². The van der Waals surface area contributed by atoms with Crippen molar-refractivity contribution in [2.75, 3.05) is 6.54 Å². The first kappa shape index (κ1) is 17.1. The van der Waals surface area contributed by atoms with Crippen molar-refractivity contribution >= 4 is 10.0 Å². The van der Waals surface area contributed by atoms with E-state index in [1.165, 1.54) is 0 Å². The molecule has 0 aliphatic carbocycles. The van der Waals surface area contributed by atoms with Gasteiger partial charge in [0.15, 0.2) is 0 Å². The molecule has 0 saturated heterocycles. The molecule has 0 heterocycles. The third-order valence-corrected chi connectivity index (χ3v) is 4.54. The Morgan fingerprint density at radius 3 is 2.30 bits per heavy atom. The van der Waals surface area contributed by atoms with E-state index in [1.54, 1.807) is 12.1 Å². The highest BCUT2D eigenvalue weighted by atomic mass is 32.2. The van der Waals surface area contributed by atoms with Gasteiger partial charge in [-0.1, -0.05) is 39.0 Å². The van der Waals surface area contributed by atoms with Crippen LogP contribution in [-0.4, -0.2) is 21.0 Å². The van der Waals surface area contributed by atoms with Crippen LogP contribution in [0.1, 0.15) is 45.6 Å². The predicted molar refractivity (Wildman–Crippen MR) is 83.1 cm³/mol. The summed E-state index contributed by atoms with van der Waals surface area (Å²) in [5.74, 6) is 0.424. The Hall–Kier alpha value is -0.910. The van der Waals surface area contributed by atoms with Crippen molar-refractivity contribution < 1.29 is 8.42 Å². The first-order chi connectivity index (χ1) is 9.29. The molecule has 0 saturated carbocycles. The van der Waals surface area contributed by atoms with Crippen LogP contribution in [0.25, 0.3) is 0 Å². The molecule has 20 heavy (non-hydrogen) atoms. The van der Waals surface area contributed by atoms with Gasteiger partial charge in [0.2, 0.25) is 10.0 Å². The first-order valence-corrected chi connectivity index (χ1v) is 8.68. The fourth-order valence-corrected chi connectivity index (χ4v) is 3.52. The lowest BCUT2D eigenvalue weighted by molar-refractivity contribution is 0.373. The van der Waals surface area contributed by atoms with Crippen molar-refractivity contribution in [3.63, 3.8) is 0 Å². The summed E-state index contributed by atoms with van der Waals surface area (Å²) in [5.41, 5.74) is 0.807. The van der Waals surface area contributed by atoms with Crippen molar-refractivity contribution in [3.05, 3.63) is 29.8 Å². The monoisotopic (exact) mass is 298 g/mol. The van der Waals surface area contributed by atoms with E-state index in [0.29, 0.717) is 5.92 Å². The van der Waals surface area contributed by atoms with Crippen LogP contribution in [0, 0.1) is 5.92 Å². The summed E-state index contributed by atoms with van der Waals surface area (Å²) in [7, 11) is -3.69. The van der Waals surface area contributed by atoms with Crippen LogP contribution in [0.2, 0.25) is 0 Å². The molecule has 5 heteroatoms. The number of sulfonamides is 1. The molecule has 0 radical (unpaired) electrons. The summed E-state index contributed by atoms with van der Waals surface area (Å²) in [6.07, 6.45) is 1.05. The summed E-state index contributed by atoms with van der Waals surface area (Å²) < 4.78 is 23.5. The van der Waals surface area contributed by atoms with Crippen LogP contribution < -0.4 is 10.5 Å². The number of rotatable bonds is 7. The third-order valence-electron chi connectivity index (χ3n) is 3.56. The minimum absolute atomic E-state index is 0.107. The quantitative estimate of drug-likeness (QED) is 0.812. The van der Waals surface area contributed by atoms with Crippen LogP contribution in [0.3, 0.4) is 0 Å². The van der Waals surface area contributed by atoms with E-state index in [0.717, 1.165) is 18.5 Å². The van der Waals surface area contributed by atoms with E-state index in [9.17, 15) is 8.42 Å². The SMILES string of the molecule is CCCNC(C)C(c1ccccc1S(N)(=O)=O)C(C)C. The lowest BCUT2D eigenvalue weighted by Crippen LogP contribution is -2.36. The molecular formula is C15H26N2O2S. The highest BCUT2D eigenvalue weighted by Gasteiger charge is 2.27. The second kappa shape index (κ2) is 7.20. The smallest absolute Gasteiger partial charge is 0.238 e. The zero-order chi connectivity index (χ0) is 15.3. The van der Waals surface area contributed by atoms with Crippen molar-refractivity contribution in [3.8, 4) is 0 Å². The maximum Gasteiger partial charge on any atom is 0.238 e. The summed E-state index contributed by atoms with van der Waals surface area (Å²) in [6, 6.07) is 7.23. The maximum atomic E-state index is 11.8. The van der Waals surface area contributed by atoms with E-state index in [2.05, 4.69) is 33.0 Å². The molecule has 4 nitrogen and oxygen atoms in total. The van der Waals surface area contributed by atoms with Crippen LogP contribution in [0.4, 0.5) is 0 Å². The molecule has 2 atom stereocenters. The van der Waals surface area contributed by atoms with Gasteiger partial charge in [0.25, 0.3) is 0 Å². The first-order valence-electron chi connectivity index (χ1n) is 7.14. The van der Waals surface area contributed by atoms with E-state index in [-0.39, 0.29) is 16.9 Å². The van der Waals surface area contributed by atoms with Crippen molar-refractivity contribution in [2.24, 2.45) is 11.1 Å². The van der Waals surface area contributed by atoms with Gasteiger partial charge in [-0.25, -0.2) is 13.6 Å². The molecule has 0 amide bonds. The van der Waals surface area contributed by atoms with Crippen molar-refractivity contribution in [2.45, 2.75) is 51.0 Å². The van der Waals surface area contributed by atoms with Crippen LogP contribution >= 0.6 is 0 Å². The van der Waals surface area contributed by atoms with E-state index < -0.39 is 10.0 Å². The Kier molecular flexibility index (Phi) is 6.17. The van der Waals surface area contributed by atoms with Gasteiger partial charge in [-0.2, -0.15) is 0 Å². The number of hydrogen-bond donors (Lipinski definition) is 2. The van der Waals surface area contributed by atoms with Crippen LogP contribution in [-0.2, 0) is 10.0 Å². The second-order valence-electron chi connectivity index (χ2n) is 5.60. The van der Waals surface area contributed by atoms with Gasteiger partial charge in [-0.15, -0.1) is 0 Å². The van der Waals surface area contributed by atoms with Crippen LogP contribution in [0.5, 0.6) is 0 Å². The van der Waals surface area contributed by atoms with E-state index >= 15 is 0 Å². The molecule has 1 aromatic carbocycles. The highest BCUT2D eigenvalue weighted by Crippen LogP contribution is 2.32. The van der Waals surface area contributed by atoms with Gasteiger partial charge in [0.1, 0.15) is 0 Å². The molecule has 1 aromatic rings. The Bertz CT molecular complexity index is 526. The Morgan fingerprint density at radius 2 is 1.80 bits per heavy atom. The second-order valence-corrected chi connectivity index (χ2v) is 7.13. The van der Waals surface area contributed by atoms with Gasteiger partial charge in [-0.3, -0.25) is 0 Å². The lowest BCUT2D eigenvalue weighted by atomic mass is 9.83. The molecule has 114 valence electrons. The average Bonchev–Trinajstić information content (AvgIpc) is 2.35. The zero-order valence-corrected chi connectivity index (χ0v) is 13.6. The highest BCUT2D eigenvalue weighted by molar-refractivity contribution is 7.89. The number of nitrogens with one attached hydrogen (secondary N) is 1. The van der Waals surface area contributed by atoms with Gasteiger partial charge in [0, 0.05) is 12.0 Å². The summed E-state index contributed by atoms with van der Waals surface area (Å²) in [5, 5.41) is 8.80. The molecule has 2 unspecified atom stereocenters. The summed E-state index contributed by atoms with van der Waals surface area (Å²) in [6.45, 7) is 9.34. The molecule has 1 rings (SSSR count). The predicted octanol–water partition coefficient (Wildman–Crippen LogP) is 2.46. The molecule has 3 N–H and O–H groups in total. The Balaban J connectivity index is 3.23. The van der Waals surface area contributed by atoms with Crippen molar-refractivity contribution in [1.29, 1.82) is 0 Å². The molecule has 0 spiro atoms. The Morgan fingerprint density at radius 1 is 1.20 bits per heavy atom. The number of benzene rings is 1. The van der Waals surface area contributed by atoms with Gasteiger partial charge in [-0.05, 0) is 37.4 Å². The number of primary sulfonamides is 1. The Labute approximate surface area is 122 Å². The maximum absolute atomic E-state index is 11.8. The normalized spacial score (nSPS) is 15.3.